The standard InChI is InChI=1S/C22H28N4O5S3/c1-13-7-9-16(10-8-13)34(29,30)25-18-17-19(32-12-11-23-21(28)31-22(4,5)6)33-15(3)14(2)26(17)20(27)24-18/h7-10H,11-12H2,1-6H3,(H,23,28)(H,24,25,27). The van der Waals surface area contributed by atoms with Crippen LogP contribution in [0, 0.1) is 20.8 Å². The summed E-state index contributed by atoms with van der Waals surface area (Å²) in [5, 5.41) is 2.69. The molecule has 0 bridgehead atoms. The van der Waals surface area contributed by atoms with Crippen molar-refractivity contribution in [1.29, 1.82) is 0 Å². The van der Waals surface area contributed by atoms with Gasteiger partial charge in [0.25, 0.3) is 10.0 Å². The molecule has 0 aliphatic carbocycles. The van der Waals surface area contributed by atoms with Crippen molar-refractivity contribution >= 4 is 45.0 Å². The van der Waals surface area contributed by atoms with Crippen molar-refractivity contribution in [3.8, 4) is 5.69 Å². The summed E-state index contributed by atoms with van der Waals surface area (Å²) in [5.74, 6) is 0.463. The molecule has 0 aromatic heterocycles. The van der Waals surface area contributed by atoms with Crippen molar-refractivity contribution in [3.05, 3.63) is 50.9 Å². The average Bonchev–Trinajstić information content (AvgIpc) is 3.03. The number of sulfonamides is 1. The second-order valence-electron chi connectivity index (χ2n) is 8.65. The van der Waals surface area contributed by atoms with Gasteiger partial charge in [-0.3, -0.25) is 9.29 Å². The van der Waals surface area contributed by atoms with Gasteiger partial charge in [-0.1, -0.05) is 17.7 Å². The van der Waals surface area contributed by atoms with E-state index in [1.165, 1.54) is 39.8 Å². The molecule has 2 aliphatic heterocycles. The molecule has 0 atom stereocenters. The monoisotopic (exact) mass is 524 g/mol. The number of anilines is 1. The number of hydrogen-bond donors (Lipinski definition) is 2. The van der Waals surface area contributed by atoms with Gasteiger partial charge in [0, 0.05) is 22.9 Å². The molecular weight excluding hydrogens is 496 g/mol. The molecule has 1 aromatic rings. The lowest BCUT2D eigenvalue weighted by Gasteiger charge is -2.19. The summed E-state index contributed by atoms with van der Waals surface area (Å²) in [7, 11) is -3.94. The van der Waals surface area contributed by atoms with E-state index in [4.69, 9.17) is 4.74 Å². The highest BCUT2D eigenvalue weighted by Crippen LogP contribution is 2.38. The van der Waals surface area contributed by atoms with Gasteiger partial charge in [-0.15, -0.1) is 23.1 Å². The molecule has 0 spiro atoms. The molecule has 184 valence electrons. The van der Waals surface area contributed by atoms with Crippen LogP contribution in [-0.4, -0.2) is 42.0 Å². The number of amides is 1. The van der Waals surface area contributed by atoms with E-state index in [1.54, 1.807) is 39.8 Å². The summed E-state index contributed by atoms with van der Waals surface area (Å²) >= 11 is 2.84. The largest absolute Gasteiger partial charge is 0.444 e. The van der Waals surface area contributed by atoms with Crippen LogP contribution in [0.5, 0.6) is 0 Å². The third-order valence-electron chi connectivity index (χ3n) is 4.70. The maximum absolute atomic E-state index is 13.0. The van der Waals surface area contributed by atoms with Crippen LogP contribution in [0.15, 0.2) is 38.2 Å². The maximum Gasteiger partial charge on any atom is 0.407 e. The Morgan fingerprint density at radius 2 is 1.82 bits per heavy atom. The third-order valence-corrected chi connectivity index (χ3v) is 8.50. The van der Waals surface area contributed by atoms with Crippen LogP contribution in [0.2, 0.25) is 0 Å². The van der Waals surface area contributed by atoms with Crippen LogP contribution in [0.4, 0.5) is 10.6 Å². The van der Waals surface area contributed by atoms with Crippen molar-refractivity contribution in [2.75, 3.05) is 17.0 Å². The lowest BCUT2D eigenvalue weighted by molar-refractivity contribution is 0.0531. The van der Waals surface area contributed by atoms with E-state index in [0.29, 0.717) is 27.9 Å². The molecule has 0 unspecified atom stereocenters. The number of aromatic nitrogens is 2. The zero-order valence-corrected chi connectivity index (χ0v) is 22.3. The number of aryl methyl sites for hydroxylation is 2. The highest BCUT2D eigenvalue weighted by molar-refractivity contribution is 8.01. The topological polar surface area (TPSA) is 119 Å². The van der Waals surface area contributed by atoms with Crippen LogP contribution < -0.4 is 15.7 Å². The first-order valence-electron chi connectivity index (χ1n) is 10.5. The Morgan fingerprint density at radius 1 is 1.18 bits per heavy atom. The Kier molecular flexibility index (Phi) is 7.63. The van der Waals surface area contributed by atoms with Gasteiger partial charge in [-0.05, 0) is 53.7 Å². The van der Waals surface area contributed by atoms with Gasteiger partial charge in [-0.25, -0.2) is 18.0 Å². The first kappa shape index (κ1) is 26.0. The molecule has 3 rings (SSSR count). The van der Waals surface area contributed by atoms with Gasteiger partial charge >= 0.3 is 11.8 Å². The van der Waals surface area contributed by atoms with Crippen molar-refractivity contribution in [2.45, 2.75) is 56.2 Å². The fourth-order valence-corrected chi connectivity index (χ4v) is 6.39. The number of rotatable bonds is 7. The van der Waals surface area contributed by atoms with E-state index < -0.39 is 27.4 Å². The minimum Gasteiger partial charge on any atom is -0.444 e. The van der Waals surface area contributed by atoms with Crippen LogP contribution in [-0.2, 0) is 14.8 Å². The Balaban J connectivity index is 1.87. The normalized spacial score (nSPS) is 12.1. The van der Waals surface area contributed by atoms with Crippen molar-refractivity contribution in [1.82, 2.24) is 14.9 Å². The number of nitrogens with one attached hydrogen (secondary N) is 2. The molecule has 1 amide bonds. The van der Waals surface area contributed by atoms with E-state index in [9.17, 15) is 18.0 Å². The SMILES string of the molecule is Cc1ccc(S(=O)(=O)Nc2nc(=O)n3c(C)c(C)sc(SCCNC(=O)OC(C)(C)C)c2-3)cc1. The van der Waals surface area contributed by atoms with Gasteiger partial charge in [0.05, 0.1) is 9.10 Å². The van der Waals surface area contributed by atoms with Gasteiger partial charge in [0.15, 0.2) is 5.82 Å². The van der Waals surface area contributed by atoms with Crippen LogP contribution >= 0.6 is 23.1 Å². The Bertz CT molecular complexity index is 1320. The summed E-state index contributed by atoms with van der Waals surface area (Å²) in [6.07, 6.45) is -0.514. The van der Waals surface area contributed by atoms with Crippen LogP contribution in [0.1, 0.15) is 36.9 Å². The quantitative estimate of drug-likeness (QED) is 0.353. The Hall–Kier alpha value is -2.57. The van der Waals surface area contributed by atoms with Gasteiger partial charge in [0.2, 0.25) is 0 Å². The number of alkyl carbamates (subject to hydrolysis) is 1. The molecule has 1 aromatic carbocycles. The summed E-state index contributed by atoms with van der Waals surface area (Å²) < 4.78 is 35.8. The lowest BCUT2D eigenvalue weighted by atomic mass is 10.2. The second kappa shape index (κ2) is 9.96. The first-order chi connectivity index (χ1) is 15.8. The summed E-state index contributed by atoms with van der Waals surface area (Å²) in [6.45, 7) is 11.2. The fraction of sp³-hybridized carbons (Fsp3) is 0.409. The molecule has 12 heteroatoms. The summed E-state index contributed by atoms with van der Waals surface area (Å²) in [5.41, 5.74) is 0.870. The molecule has 2 N–H and O–H groups in total. The van der Waals surface area contributed by atoms with E-state index in [-0.39, 0.29) is 10.7 Å². The molecule has 0 fully saturated rings. The van der Waals surface area contributed by atoms with Crippen molar-refractivity contribution in [2.24, 2.45) is 0 Å². The Morgan fingerprint density at radius 3 is 2.44 bits per heavy atom. The highest BCUT2D eigenvalue weighted by atomic mass is 32.2. The number of thioether (sulfide) groups is 1. The number of imidazole rings is 1. The molecule has 9 nitrogen and oxygen atoms in total. The zero-order valence-electron chi connectivity index (χ0n) is 19.9. The van der Waals surface area contributed by atoms with E-state index in [1.807, 2.05) is 13.8 Å². The predicted molar refractivity (Wildman–Crippen MR) is 135 cm³/mol. The minimum atomic E-state index is -3.94. The maximum atomic E-state index is 13.0. The molecular formula is C22H28N4O5S3. The third kappa shape index (κ3) is 6.10. The fourth-order valence-electron chi connectivity index (χ4n) is 3.00. The molecule has 0 radical (unpaired) electrons. The number of hydrogen-bond acceptors (Lipinski definition) is 8. The smallest absolute Gasteiger partial charge is 0.407 e. The molecule has 0 saturated heterocycles. The van der Waals surface area contributed by atoms with Gasteiger partial charge < -0.3 is 10.1 Å². The number of carbonyl (C=O) groups is 1. The van der Waals surface area contributed by atoms with Crippen LogP contribution in [0.3, 0.4) is 0 Å². The molecule has 0 saturated carbocycles. The number of nitrogens with zero attached hydrogens (tertiary/aromatic N) is 2. The molecule has 34 heavy (non-hydrogen) atoms. The number of fused-ring (bicyclic) bond motifs is 1. The average molecular weight is 525 g/mol. The Labute approximate surface area is 207 Å². The summed E-state index contributed by atoms with van der Waals surface area (Å²) in [6, 6.07) is 6.41. The van der Waals surface area contributed by atoms with E-state index in [0.717, 1.165) is 10.4 Å². The molecule has 2 aliphatic rings. The summed E-state index contributed by atoms with van der Waals surface area (Å²) in [4.78, 5) is 29.5. The highest BCUT2D eigenvalue weighted by Gasteiger charge is 2.27. The number of ether oxygens (including phenoxy) is 1. The van der Waals surface area contributed by atoms with Crippen molar-refractivity contribution < 1.29 is 17.9 Å². The van der Waals surface area contributed by atoms with Crippen molar-refractivity contribution in [3.63, 3.8) is 0 Å². The zero-order chi connectivity index (χ0) is 25.3. The lowest BCUT2D eigenvalue weighted by Crippen LogP contribution is -2.33. The minimum absolute atomic E-state index is 0.0208. The van der Waals surface area contributed by atoms with Gasteiger partial charge in [0.1, 0.15) is 11.3 Å². The van der Waals surface area contributed by atoms with Gasteiger partial charge in [-0.2, -0.15) is 4.98 Å². The van der Waals surface area contributed by atoms with E-state index >= 15 is 0 Å². The number of benzene rings is 1. The van der Waals surface area contributed by atoms with E-state index in [2.05, 4.69) is 15.0 Å². The second-order valence-corrected chi connectivity index (χ2v) is 12.9. The first-order valence-corrected chi connectivity index (χ1v) is 13.8. The predicted octanol–water partition coefficient (Wildman–Crippen LogP) is 4.07. The van der Waals surface area contributed by atoms with Crippen LogP contribution in [0.25, 0.3) is 5.69 Å². The number of carbonyl (C=O) groups excluding carboxylic acids is 1. The molecule has 2 heterocycles.